The molecule has 2 aromatic carbocycles. The van der Waals surface area contributed by atoms with Gasteiger partial charge in [-0.05, 0) is 30.3 Å². The number of alkyl halides is 1. The lowest BCUT2D eigenvalue weighted by Gasteiger charge is -2.09. The fourth-order valence-corrected chi connectivity index (χ4v) is 1.95. The van der Waals surface area contributed by atoms with Gasteiger partial charge in [0.2, 0.25) is 0 Å². The second kappa shape index (κ2) is 5.79. The minimum Gasteiger partial charge on any atom is -0.457 e. The fourth-order valence-electron chi connectivity index (χ4n) is 1.51. The summed E-state index contributed by atoms with van der Waals surface area (Å²) in [6, 6.07) is 9.89. The van der Waals surface area contributed by atoms with E-state index in [0.29, 0.717) is 22.4 Å². The van der Waals surface area contributed by atoms with Crippen LogP contribution in [0, 0.1) is 15.9 Å². The van der Waals surface area contributed by atoms with Gasteiger partial charge in [0, 0.05) is 23.0 Å². The quantitative estimate of drug-likeness (QED) is 0.475. The predicted molar refractivity (Wildman–Crippen MR) is 72.2 cm³/mol. The van der Waals surface area contributed by atoms with Crippen LogP contribution in [0.1, 0.15) is 5.56 Å². The lowest BCUT2D eigenvalue weighted by Crippen LogP contribution is -1.93. The van der Waals surface area contributed by atoms with E-state index in [2.05, 4.69) is 15.9 Å². The first-order valence-corrected chi connectivity index (χ1v) is 6.49. The molecular formula is C13H9BrFNO3. The van der Waals surface area contributed by atoms with Crippen molar-refractivity contribution in [3.05, 3.63) is 64.0 Å². The van der Waals surface area contributed by atoms with Gasteiger partial charge in [0.1, 0.15) is 17.3 Å². The number of rotatable bonds is 4. The zero-order valence-corrected chi connectivity index (χ0v) is 11.3. The average Bonchev–Trinajstić information content (AvgIpc) is 2.41. The standard InChI is InChI=1S/C13H9BrFNO3/c14-8-9-7-11(16(17)18)3-6-13(9)19-12-4-1-10(15)2-5-12/h1-7H,8H2. The van der Waals surface area contributed by atoms with Crippen LogP contribution in [0.15, 0.2) is 42.5 Å². The van der Waals surface area contributed by atoms with Gasteiger partial charge in [0.15, 0.2) is 0 Å². The topological polar surface area (TPSA) is 52.4 Å². The van der Waals surface area contributed by atoms with E-state index in [4.69, 9.17) is 4.74 Å². The van der Waals surface area contributed by atoms with Crippen LogP contribution in [0.2, 0.25) is 0 Å². The van der Waals surface area contributed by atoms with Crippen molar-refractivity contribution in [2.24, 2.45) is 0 Å². The van der Waals surface area contributed by atoms with Crippen LogP contribution in [0.4, 0.5) is 10.1 Å². The van der Waals surface area contributed by atoms with E-state index < -0.39 is 4.92 Å². The van der Waals surface area contributed by atoms with Crippen molar-refractivity contribution in [1.29, 1.82) is 0 Å². The van der Waals surface area contributed by atoms with Crippen molar-refractivity contribution in [2.45, 2.75) is 5.33 Å². The first-order valence-electron chi connectivity index (χ1n) is 5.37. The number of nitro groups is 1. The molecule has 0 atom stereocenters. The van der Waals surface area contributed by atoms with Crippen LogP contribution in [-0.2, 0) is 5.33 Å². The summed E-state index contributed by atoms with van der Waals surface area (Å²) in [7, 11) is 0. The van der Waals surface area contributed by atoms with Gasteiger partial charge in [-0.25, -0.2) is 4.39 Å². The van der Waals surface area contributed by atoms with E-state index in [1.807, 2.05) is 0 Å². The zero-order chi connectivity index (χ0) is 13.8. The highest BCUT2D eigenvalue weighted by Crippen LogP contribution is 2.30. The Labute approximate surface area is 117 Å². The van der Waals surface area contributed by atoms with Crippen LogP contribution in [0.25, 0.3) is 0 Å². The Morgan fingerprint density at radius 2 is 1.89 bits per heavy atom. The minimum absolute atomic E-state index is 0.000839. The maximum atomic E-state index is 12.8. The SMILES string of the molecule is O=[N+]([O-])c1ccc(Oc2ccc(F)cc2)c(CBr)c1. The smallest absolute Gasteiger partial charge is 0.270 e. The molecule has 0 aromatic heterocycles. The Kier molecular flexibility index (Phi) is 4.11. The molecule has 98 valence electrons. The van der Waals surface area contributed by atoms with Gasteiger partial charge in [-0.3, -0.25) is 10.1 Å². The number of nitro benzene ring substituents is 1. The van der Waals surface area contributed by atoms with E-state index in [9.17, 15) is 14.5 Å². The van der Waals surface area contributed by atoms with Crippen molar-refractivity contribution in [1.82, 2.24) is 0 Å². The zero-order valence-electron chi connectivity index (χ0n) is 9.68. The first-order chi connectivity index (χ1) is 9.10. The summed E-state index contributed by atoms with van der Waals surface area (Å²) < 4.78 is 18.3. The number of hydrogen-bond acceptors (Lipinski definition) is 3. The van der Waals surface area contributed by atoms with Gasteiger partial charge < -0.3 is 4.74 Å². The van der Waals surface area contributed by atoms with E-state index in [1.165, 1.54) is 42.5 Å². The van der Waals surface area contributed by atoms with E-state index in [-0.39, 0.29) is 11.5 Å². The summed E-state index contributed by atoms with van der Waals surface area (Å²) in [6.07, 6.45) is 0. The highest BCUT2D eigenvalue weighted by Gasteiger charge is 2.11. The second-order valence-corrected chi connectivity index (χ2v) is 4.30. The third-order valence-corrected chi connectivity index (χ3v) is 3.04. The molecule has 2 rings (SSSR count). The largest absolute Gasteiger partial charge is 0.457 e. The van der Waals surface area contributed by atoms with Crippen molar-refractivity contribution in [2.75, 3.05) is 0 Å². The Hall–Kier alpha value is -1.95. The van der Waals surface area contributed by atoms with Gasteiger partial charge in [0.05, 0.1) is 4.92 Å². The molecule has 0 spiro atoms. The molecule has 0 saturated heterocycles. The van der Waals surface area contributed by atoms with E-state index in [1.54, 1.807) is 0 Å². The van der Waals surface area contributed by atoms with Crippen LogP contribution in [-0.4, -0.2) is 4.92 Å². The molecule has 0 bridgehead atoms. The average molecular weight is 326 g/mol. The number of nitrogens with zero attached hydrogens (tertiary/aromatic N) is 1. The Balaban J connectivity index is 2.29. The minimum atomic E-state index is -0.464. The van der Waals surface area contributed by atoms with Gasteiger partial charge >= 0.3 is 0 Å². The van der Waals surface area contributed by atoms with Crippen molar-refractivity contribution in [3.8, 4) is 11.5 Å². The summed E-state index contributed by atoms with van der Waals surface area (Å²) in [6.45, 7) is 0. The molecule has 2 aromatic rings. The summed E-state index contributed by atoms with van der Waals surface area (Å²) in [5, 5.41) is 11.1. The number of ether oxygens (including phenoxy) is 1. The molecule has 19 heavy (non-hydrogen) atoms. The van der Waals surface area contributed by atoms with E-state index in [0.717, 1.165) is 0 Å². The van der Waals surface area contributed by atoms with Gasteiger partial charge in [-0.15, -0.1) is 0 Å². The Morgan fingerprint density at radius 1 is 1.21 bits per heavy atom. The van der Waals surface area contributed by atoms with Crippen LogP contribution in [0.3, 0.4) is 0 Å². The van der Waals surface area contributed by atoms with Crippen molar-refractivity contribution < 1.29 is 14.1 Å². The molecular weight excluding hydrogens is 317 g/mol. The highest BCUT2D eigenvalue weighted by molar-refractivity contribution is 9.08. The predicted octanol–water partition coefficient (Wildman–Crippen LogP) is 4.42. The molecule has 0 unspecified atom stereocenters. The Bertz CT molecular complexity index is 601. The van der Waals surface area contributed by atoms with Crippen molar-refractivity contribution in [3.63, 3.8) is 0 Å². The monoisotopic (exact) mass is 325 g/mol. The highest BCUT2D eigenvalue weighted by atomic mass is 79.9. The third-order valence-electron chi connectivity index (χ3n) is 2.44. The summed E-state index contributed by atoms with van der Waals surface area (Å²) >= 11 is 3.25. The molecule has 0 aliphatic heterocycles. The number of halogens is 2. The van der Waals surface area contributed by atoms with Crippen LogP contribution >= 0.6 is 15.9 Å². The molecule has 0 aliphatic rings. The molecule has 0 aliphatic carbocycles. The molecule has 0 heterocycles. The van der Waals surface area contributed by atoms with Gasteiger partial charge in [0.25, 0.3) is 5.69 Å². The molecule has 0 fully saturated rings. The van der Waals surface area contributed by atoms with Crippen LogP contribution in [0.5, 0.6) is 11.5 Å². The summed E-state index contributed by atoms with van der Waals surface area (Å²) in [5.74, 6) is 0.614. The summed E-state index contributed by atoms with van der Waals surface area (Å²) in [5.41, 5.74) is 0.652. The number of benzene rings is 2. The molecule has 0 saturated carbocycles. The number of hydrogen-bond donors (Lipinski definition) is 0. The fraction of sp³-hybridized carbons (Fsp3) is 0.0769. The lowest BCUT2D eigenvalue weighted by atomic mass is 10.2. The summed E-state index contributed by atoms with van der Waals surface area (Å²) in [4.78, 5) is 10.2. The molecule has 6 heteroatoms. The first kappa shape index (κ1) is 13.5. The third kappa shape index (κ3) is 3.29. The number of non-ortho nitro benzene ring substituents is 1. The van der Waals surface area contributed by atoms with Crippen LogP contribution < -0.4 is 4.74 Å². The molecule has 4 nitrogen and oxygen atoms in total. The van der Waals surface area contributed by atoms with Gasteiger partial charge in [-0.2, -0.15) is 0 Å². The normalized spacial score (nSPS) is 10.2. The molecule has 0 amide bonds. The molecule has 0 radical (unpaired) electrons. The Morgan fingerprint density at radius 3 is 2.47 bits per heavy atom. The van der Waals surface area contributed by atoms with Gasteiger partial charge in [-0.1, -0.05) is 15.9 Å². The molecule has 0 N–H and O–H groups in total. The second-order valence-electron chi connectivity index (χ2n) is 3.74. The lowest BCUT2D eigenvalue weighted by molar-refractivity contribution is -0.384. The maximum Gasteiger partial charge on any atom is 0.270 e. The maximum absolute atomic E-state index is 12.8. The van der Waals surface area contributed by atoms with E-state index >= 15 is 0 Å². The van der Waals surface area contributed by atoms with Crippen molar-refractivity contribution >= 4 is 21.6 Å².